The second-order valence-electron chi connectivity index (χ2n) is 4.16. The van der Waals surface area contributed by atoms with Crippen LogP contribution in [0.4, 0.5) is 0 Å². The minimum absolute atomic E-state index is 0.0881. The maximum absolute atomic E-state index is 12.3. The van der Waals surface area contributed by atoms with E-state index in [2.05, 4.69) is 20.6 Å². The molecule has 2 heterocycles. The number of hydrogen-bond acceptors (Lipinski definition) is 6. The van der Waals surface area contributed by atoms with Crippen molar-refractivity contribution in [2.75, 3.05) is 0 Å². The summed E-state index contributed by atoms with van der Waals surface area (Å²) in [4.78, 5) is 12.9. The average Bonchev–Trinajstić information content (AvgIpc) is 3.21. The van der Waals surface area contributed by atoms with Gasteiger partial charge in [0.25, 0.3) is 0 Å². The van der Waals surface area contributed by atoms with Crippen LogP contribution in [0.1, 0.15) is 21.1 Å². The first-order chi connectivity index (χ1) is 10.7. The second kappa shape index (κ2) is 6.43. The molecule has 0 amide bonds. The summed E-state index contributed by atoms with van der Waals surface area (Å²) in [6, 6.07) is 6.71. The molecule has 0 atom stereocenters. The van der Waals surface area contributed by atoms with E-state index in [0.717, 1.165) is 0 Å². The zero-order chi connectivity index (χ0) is 15.5. The number of benzene rings is 1. The fraction of sp³-hybridized carbons (Fsp3) is 0.0769. The number of rotatable bonds is 5. The largest absolute Gasteiger partial charge is 0.484 e. The van der Waals surface area contributed by atoms with Gasteiger partial charge in [-0.15, -0.1) is 21.5 Å². The first-order valence-electron chi connectivity index (χ1n) is 6.08. The van der Waals surface area contributed by atoms with Crippen molar-refractivity contribution in [3.8, 4) is 5.75 Å². The van der Waals surface area contributed by atoms with E-state index in [4.69, 9.17) is 27.9 Å². The van der Waals surface area contributed by atoms with Crippen LogP contribution < -0.4 is 4.74 Å². The zero-order valence-electron chi connectivity index (χ0n) is 10.9. The molecule has 9 heteroatoms. The highest BCUT2D eigenvalue weighted by molar-refractivity contribution is 7.12. The van der Waals surface area contributed by atoms with Crippen LogP contribution in [0, 0.1) is 0 Å². The number of ether oxygens (including phenoxy) is 1. The van der Waals surface area contributed by atoms with Crippen LogP contribution in [-0.2, 0) is 6.61 Å². The third-order valence-corrected chi connectivity index (χ3v) is 4.52. The molecule has 0 unspecified atom stereocenters. The molecule has 22 heavy (non-hydrogen) atoms. The van der Waals surface area contributed by atoms with Crippen LogP contribution in [0.2, 0.25) is 10.0 Å². The Bertz CT molecular complexity index is 791. The maximum atomic E-state index is 12.3. The minimum Gasteiger partial charge on any atom is -0.484 e. The molecule has 1 N–H and O–H groups in total. The molecule has 0 aliphatic rings. The molecule has 0 spiro atoms. The molecule has 0 aliphatic heterocycles. The van der Waals surface area contributed by atoms with Crippen LogP contribution in [0.3, 0.4) is 0 Å². The molecule has 0 aliphatic carbocycles. The van der Waals surface area contributed by atoms with Crippen molar-refractivity contribution >= 4 is 40.3 Å². The normalized spacial score (nSPS) is 10.6. The fourth-order valence-electron chi connectivity index (χ4n) is 1.75. The summed E-state index contributed by atoms with van der Waals surface area (Å²) in [5.74, 6) is 0.553. The molecule has 112 valence electrons. The third kappa shape index (κ3) is 2.96. The van der Waals surface area contributed by atoms with Gasteiger partial charge in [-0.25, -0.2) is 0 Å². The van der Waals surface area contributed by atoms with Gasteiger partial charge in [-0.2, -0.15) is 5.21 Å². The molecule has 0 saturated heterocycles. The Hall–Kier alpha value is -1.96. The molecule has 0 radical (unpaired) electrons. The summed E-state index contributed by atoms with van der Waals surface area (Å²) in [6.45, 7) is 0.0881. The summed E-state index contributed by atoms with van der Waals surface area (Å²) in [5, 5.41) is 15.4. The van der Waals surface area contributed by atoms with Crippen LogP contribution in [0.15, 0.2) is 29.6 Å². The van der Waals surface area contributed by atoms with Gasteiger partial charge in [0, 0.05) is 5.56 Å². The molecule has 6 nitrogen and oxygen atoms in total. The number of aromatic amines is 1. The Balaban J connectivity index is 1.83. The molecule has 3 rings (SSSR count). The zero-order valence-corrected chi connectivity index (χ0v) is 13.2. The van der Waals surface area contributed by atoms with Gasteiger partial charge in [0.2, 0.25) is 11.6 Å². The van der Waals surface area contributed by atoms with Crippen molar-refractivity contribution in [2.45, 2.75) is 6.61 Å². The number of aromatic nitrogens is 4. The molecule has 1 aromatic carbocycles. The summed E-state index contributed by atoms with van der Waals surface area (Å²) in [6.07, 6.45) is 0. The van der Waals surface area contributed by atoms with Crippen LogP contribution in [-0.4, -0.2) is 26.4 Å². The van der Waals surface area contributed by atoms with Crippen molar-refractivity contribution < 1.29 is 9.53 Å². The van der Waals surface area contributed by atoms with Crippen LogP contribution >= 0.6 is 34.5 Å². The predicted molar refractivity (Wildman–Crippen MR) is 82.7 cm³/mol. The lowest BCUT2D eigenvalue weighted by molar-refractivity contribution is 0.104. The number of ketones is 1. The highest BCUT2D eigenvalue weighted by Gasteiger charge is 2.18. The van der Waals surface area contributed by atoms with Crippen molar-refractivity contribution in [1.82, 2.24) is 20.6 Å². The van der Waals surface area contributed by atoms with E-state index in [-0.39, 0.29) is 22.4 Å². The number of hydrogen-bond donors (Lipinski definition) is 1. The van der Waals surface area contributed by atoms with Gasteiger partial charge < -0.3 is 4.74 Å². The van der Waals surface area contributed by atoms with E-state index >= 15 is 0 Å². The summed E-state index contributed by atoms with van der Waals surface area (Å²) < 4.78 is 5.48. The minimum atomic E-state index is -0.174. The van der Waals surface area contributed by atoms with E-state index < -0.39 is 0 Å². The molecular weight excluding hydrogens is 347 g/mol. The average molecular weight is 355 g/mol. The molecule has 0 saturated carbocycles. The second-order valence-corrected chi connectivity index (χ2v) is 5.87. The van der Waals surface area contributed by atoms with Gasteiger partial charge in [0.1, 0.15) is 10.8 Å². The SMILES string of the molecule is O=C(c1cccs1)c1ccc(OCc2nn[nH]n2)c(Cl)c1Cl. The summed E-state index contributed by atoms with van der Waals surface area (Å²) >= 11 is 13.7. The fourth-order valence-corrected chi connectivity index (χ4v) is 2.88. The van der Waals surface area contributed by atoms with Gasteiger partial charge in [0.15, 0.2) is 6.61 Å². The van der Waals surface area contributed by atoms with E-state index in [1.54, 1.807) is 24.3 Å². The number of nitrogens with zero attached hydrogens (tertiary/aromatic N) is 3. The lowest BCUT2D eigenvalue weighted by Crippen LogP contribution is -2.02. The van der Waals surface area contributed by atoms with Crippen molar-refractivity contribution in [3.05, 3.63) is 56.0 Å². The monoisotopic (exact) mass is 354 g/mol. The van der Waals surface area contributed by atoms with Gasteiger partial charge in [-0.1, -0.05) is 34.5 Å². The molecule has 3 aromatic rings. The first kappa shape index (κ1) is 15.0. The maximum Gasteiger partial charge on any atom is 0.211 e. The topological polar surface area (TPSA) is 80.8 Å². The van der Waals surface area contributed by atoms with E-state index in [1.807, 2.05) is 5.38 Å². The number of thiophene rings is 1. The Morgan fingerprint density at radius 1 is 1.27 bits per heavy atom. The summed E-state index contributed by atoms with van der Waals surface area (Å²) in [7, 11) is 0. The van der Waals surface area contributed by atoms with Crippen molar-refractivity contribution in [1.29, 1.82) is 0 Å². The van der Waals surface area contributed by atoms with Crippen LogP contribution in [0.25, 0.3) is 0 Å². The molecular formula is C13H8Cl2N4O2S. The molecule has 0 bridgehead atoms. The molecule has 2 aromatic heterocycles. The number of carbonyl (C=O) groups is 1. The number of halogens is 2. The highest BCUT2D eigenvalue weighted by atomic mass is 35.5. The number of nitrogens with one attached hydrogen (secondary N) is 1. The van der Waals surface area contributed by atoms with E-state index in [0.29, 0.717) is 22.0 Å². The number of H-pyrrole nitrogens is 1. The number of tetrazole rings is 1. The van der Waals surface area contributed by atoms with Crippen LogP contribution in [0.5, 0.6) is 5.75 Å². The molecule has 0 fully saturated rings. The van der Waals surface area contributed by atoms with Gasteiger partial charge >= 0.3 is 0 Å². The Labute approximate surface area is 139 Å². The predicted octanol–water partition coefficient (Wildman–Crippen LogP) is 3.38. The number of carbonyl (C=O) groups excluding carboxylic acids is 1. The van der Waals surface area contributed by atoms with E-state index in [1.165, 1.54) is 11.3 Å². The Morgan fingerprint density at radius 3 is 2.82 bits per heavy atom. The lowest BCUT2D eigenvalue weighted by Gasteiger charge is -2.10. The standard InChI is InChI=1S/C13H8Cl2N4O2S/c14-11-7(13(20)9-2-1-5-22-9)3-4-8(12(11)15)21-6-10-16-18-19-17-10/h1-5H,6H2,(H,16,17,18,19). The van der Waals surface area contributed by atoms with E-state index in [9.17, 15) is 4.79 Å². The van der Waals surface area contributed by atoms with Crippen molar-refractivity contribution in [3.63, 3.8) is 0 Å². The van der Waals surface area contributed by atoms with Gasteiger partial charge in [-0.3, -0.25) is 4.79 Å². The smallest absolute Gasteiger partial charge is 0.211 e. The van der Waals surface area contributed by atoms with Gasteiger partial charge in [0.05, 0.1) is 9.90 Å². The quantitative estimate of drug-likeness (QED) is 0.710. The van der Waals surface area contributed by atoms with Gasteiger partial charge in [-0.05, 0) is 23.6 Å². The summed E-state index contributed by atoms with van der Waals surface area (Å²) in [5.41, 5.74) is 0.334. The third-order valence-electron chi connectivity index (χ3n) is 2.78. The van der Waals surface area contributed by atoms with Crippen molar-refractivity contribution in [2.24, 2.45) is 0 Å². The lowest BCUT2D eigenvalue weighted by atomic mass is 10.1. The Kier molecular flexibility index (Phi) is 4.37. The highest BCUT2D eigenvalue weighted by Crippen LogP contribution is 2.36. The first-order valence-corrected chi connectivity index (χ1v) is 7.71. The Morgan fingerprint density at radius 2 is 2.14 bits per heavy atom.